The van der Waals surface area contributed by atoms with Gasteiger partial charge in [0, 0.05) is 6.04 Å². The minimum Gasteiger partial charge on any atom is -0.314 e. The van der Waals surface area contributed by atoms with Crippen molar-refractivity contribution in [3.63, 3.8) is 0 Å². The number of benzene rings is 1. The summed E-state index contributed by atoms with van der Waals surface area (Å²) < 4.78 is 0. The molecule has 1 nitrogen and oxygen atoms in total. The molecule has 0 spiro atoms. The highest BCUT2D eigenvalue weighted by atomic mass is 14.9. The molecule has 1 heteroatoms. The van der Waals surface area contributed by atoms with Crippen molar-refractivity contribution in [1.82, 2.24) is 5.32 Å². The second-order valence-electron chi connectivity index (χ2n) is 5.02. The Bertz CT molecular complexity index is 343. The van der Waals surface area contributed by atoms with Crippen molar-refractivity contribution < 1.29 is 0 Å². The molecule has 0 radical (unpaired) electrons. The fourth-order valence-electron chi connectivity index (χ4n) is 2.57. The van der Waals surface area contributed by atoms with Crippen molar-refractivity contribution in [3.8, 4) is 0 Å². The summed E-state index contributed by atoms with van der Waals surface area (Å²) in [5.74, 6) is 0. The molecule has 1 unspecified atom stereocenters. The van der Waals surface area contributed by atoms with Crippen LogP contribution in [0.4, 0.5) is 0 Å². The average Bonchev–Trinajstić information content (AvgIpc) is 2.73. The Kier molecular flexibility index (Phi) is 4.00. The van der Waals surface area contributed by atoms with Gasteiger partial charge in [-0.2, -0.15) is 0 Å². The topological polar surface area (TPSA) is 12.0 Å². The molecule has 1 atom stereocenters. The second-order valence-corrected chi connectivity index (χ2v) is 5.02. The lowest BCUT2D eigenvalue weighted by molar-refractivity contribution is 0.543. The van der Waals surface area contributed by atoms with Crippen LogP contribution in [-0.4, -0.2) is 12.6 Å². The lowest BCUT2D eigenvalue weighted by Crippen LogP contribution is -2.28. The first kappa shape index (κ1) is 11.7. The van der Waals surface area contributed by atoms with Crippen LogP contribution in [0.2, 0.25) is 0 Å². The summed E-state index contributed by atoms with van der Waals surface area (Å²) >= 11 is 0. The molecule has 0 heterocycles. The summed E-state index contributed by atoms with van der Waals surface area (Å²) in [6.07, 6.45) is 6.31. The van der Waals surface area contributed by atoms with Gasteiger partial charge in [-0.05, 0) is 62.3 Å². The van der Waals surface area contributed by atoms with Gasteiger partial charge in [0.15, 0.2) is 0 Å². The smallest absolute Gasteiger partial charge is 0.00791 e. The molecule has 0 saturated heterocycles. The molecule has 1 aliphatic carbocycles. The highest BCUT2D eigenvalue weighted by molar-refractivity contribution is 5.35. The average molecular weight is 217 g/mol. The zero-order valence-corrected chi connectivity index (χ0v) is 10.6. The highest BCUT2D eigenvalue weighted by Gasteiger charge is 2.11. The van der Waals surface area contributed by atoms with E-state index in [0.29, 0.717) is 6.04 Å². The van der Waals surface area contributed by atoms with E-state index in [1.165, 1.54) is 31.2 Å². The highest BCUT2D eigenvalue weighted by Crippen LogP contribution is 2.23. The first-order valence-electron chi connectivity index (χ1n) is 6.63. The molecule has 0 saturated carbocycles. The van der Waals surface area contributed by atoms with Crippen LogP contribution in [-0.2, 0) is 19.3 Å². The molecule has 16 heavy (non-hydrogen) atoms. The van der Waals surface area contributed by atoms with Crippen molar-refractivity contribution >= 4 is 0 Å². The maximum Gasteiger partial charge on any atom is 0.00791 e. The zero-order chi connectivity index (χ0) is 11.4. The Morgan fingerprint density at radius 1 is 1.25 bits per heavy atom. The van der Waals surface area contributed by atoms with Gasteiger partial charge in [-0.25, -0.2) is 0 Å². The molecule has 88 valence electrons. The van der Waals surface area contributed by atoms with Gasteiger partial charge in [-0.1, -0.05) is 25.1 Å². The fourth-order valence-corrected chi connectivity index (χ4v) is 2.57. The third kappa shape index (κ3) is 2.85. The molecule has 0 aromatic heterocycles. The maximum absolute atomic E-state index is 3.55. The van der Waals surface area contributed by atoms with E-state index in [9.17, 15) is 0 Å². The standard InChI is InChI=1S/C15H23N/c1-3-9-16-12(2)10-13-7-8-14-5-4-6-15(14)11-13/h7-8,11-12,16H,3-6,9-10H2,1-2H3. The summed E-state index contributed by atoms with van der Waals surface area (Å²) in [4.78, 5) is 0. The lowest BCUT2D eigenvalue weighted by Gasteiger charge is -2.13. The van der Waals surface area contributed by atoms with E-state index >= 15 is 0 Å². The SMILES string of the molecule is CCCNC(C)Cc1ccc2c(c1)CCC2. The van der Waals surface area contributed by atoms with Crippen LogP contribution in [0, 0.1) is 0 Å². The first-order valence-corrected chi connectivity index (χ1v) is 6.63. The maximum atomic E-state index is 3.55. The quantitative estimate of drug-likeness (QED) is 0.799. The molecule has 1 aliphatic rings. The monoisotopic (exact) mass is 217 g/mol. The number of rotatable bonds is 5. The molecule has 0 aliphatic heterocycles. The summed E-state index contributed by atoms with van der Waals surface area (Å²) in [5, 5.41) is 3.55. The fraction of sp³-hybridized carbons (Fsp3) is 0.600. The minimum atomic E-state index is 0.597. The third-order valence-corrected chi connectivity index (χ3v) is 3.45. The molecule has 0 amide bonds. The van der Waals surface area contributed by atoms with Gasteiger partial charge in [-0.3, -0.25) is 0 Å². The third-order valence-electron chi connectivity index (χ3n) is 3.45. The van der Waals surface area contributed by atoms with E-state index in [4.69, 9.17) is 0 Å². The number of hydrogen-bond donors (Lipinski definition) is 1. The van der Waals surface area contributed by atoms with E-state index in [2.05, 4.69) is 37.4 Å². The van der Waals surface area contributed by atoms with E-state index in [0.717, 1.165) is 13.0 Å². The van der Waals surface area contributed by atoms with Crippen molar-refractivity contribution in [1.29, 1.82) is 0 Å². The molecule has 1 aromatic rings. The Hall–Kier alpha value is -0.820. The predicted molar refractivity (Wildman–Crippen MR) is 69.9 cm³/mol. The first-order chi connectivity index (χ1) is 7.79. The van der Waals surface area contributed by atoms with Crippen LogP contribution in [0.15, 0.2) is 18.2 Å². The van der Waals surface area contributed by atoms with E-state index < -0.39 is 0 Å². The van der Waals surface area contributed by atoms with Crippen molar-refractivity contribution in [2.75, 3.05) is 6.54 Å². The largest absolute Gasteiger partial charge is 0.314 e. The van der Waals surface area contributed by atoms with Gasteiger partial charge in [0.05, 0.1) is 0 Å². The Balaban J connectivity index is 1.94. The van der Waals surface area contributed by atoms with Gasteiger partial charge in [-0.15, -0.1) is 0 Å². The molecular formula is C15H23N. The van der Waals surface area contributed by atoms with Gasteiger partial charge >= 0.3 is 0 Å². The van der Waals surface area contributed by atoms with Crippen LogP contribution in [0.5, 0.6) is 0 Å². The molecular weight excluding hydrogens is 194 g/mol. The van der Waals surface area contributed by atoms with Crippen LogP contribution in [0.3, 0.4) is 0 Å². The summed E-state index contributed by atoms with van der Waals surface area (Å²) in [7, 11) is 0. The number of hydrogen-bond acceptors (Lipinski definition) is 1. The van der Waals surface area contributed by atoms with Gasteiger partial charge in [0.1, 0.15) is 0 Å². The summed E-state index contributed by atoms with van der Waals surface area (Å²) in [6, 6.07) is 7.67. The Labute approximate surface area is 99.3 Å². The molecule has 0 bridgehead atoms. The Morgan fingerprint density at radius 3 is 2.88 bits per heavy atom. The molecule has 2 rings (SSSR count). The van der Waals surface area contributed by atoms with Crippen LogP contribution in [0.25, 0.3) is 0 Å². The van der Waals surface area contributed by atoms with Crippen LogP contribution < -0.4 is 5.32 Å². The number of fused-ring (bicyclic) bond motifs is 1. The summed E-state index contributed by atoms with van der Waals surface area (Å²) in [5.41, 5.74) is 4.68. The van der Waals surface area contributed by atoms with E-state index in [1.807, 2.05) is 0 Å². The van der Waals surface area contributed by atoms with Crippen LogP contribution in [0.1, 0.15) is 43.4 Å². The summed E-state index contributed by atoms with van der Waals surface area (Å²) in [6.45, 7) is 5.63. The molecule has 1 N–H and O–H groups in total. The van der Waals surface area contributed by atoms with Gasteiger partial charge < -0.3 is 5.32 Å². The molecule has 1 aromatic carbocycles. The van der Waals surface area contributed by atoms with Gasteiger partial charge in [0.2, 0.25) is 0 Å². The predicted octanol–water partition coefficient (Wildman–Crippen LogP) is 3.11. The number of nitrogens with one attached hydrogen (secondary N) is 1. The van der Waals surface area contributed by atoms with E-state index in [1.54, 1.807) is 11.1 Å². The normalized spacial score (nSPS) is 16.1. The van der Waals surface area contributed by atoms with E-state index in [-0.39, 0.29) is 0 Å². The molecule has 0 fully saturated rings. The zero-order valence-electron chi connectivity index (χ0n) is 10.6. The van der Waals surface area contributed by atoms with Crippen molar-refractivity contribution in [2.24, 2.45) is 0 Å². The van der Waals surface area contributed by atoms with Crippen molar-refractivity contribution in [2.45, 2.75) is 52.0 Å². The Morgan fingerprint density at radius 2 is 2.06 bits per heavy atom. The number of aryl methyl sites for hydroxylation is 2. The van der Waals surface area contributed by atoms with Crippen LogP contribution >= 0.6 is 0 Å². The minimum absolute atomic E-state index is 0.597. The van der Waals surface area contributed by atoms with Crippen molar-refractivity contribution in [3.05, 3.63) is 34.9 Å². The van der Waals surface area contributed by atoms with Gasteiger partial charge in [0.25, 0.3) is 0 Å². The lowest BCUT2D eigenvalue weighted by atomic mass is 10.0. The second kappa shape index (κ2) is 5.49.